The van der Waals surface area contributed by atoms with Gasteiger partial charge >= 0.3 is 0 Å². The molecule has 3 unspecified atom stereocenters. The number of rotatable bonds is 7. The average molecular weight is 550 g/mol. The summed E-state index contributed by atoms with van der Waals surface area (Å²) in [7, 11) is -0.565. The Morgan fingerprint density at radius 3 is 2.00 bits per heavy atom. The molecule has 1 aliphatic heterocycles. The van der Waals surface area contributed by atoms with Crippen molar-refractivity contribution >= 4 is 20.3 Å². The molecule has 1 fully saturated rings. The maximum atomic E-state index is 14.5. The first-order chi connectivity index (χ1) is 17.8. The van der Waals surface area contributed by atoms with E-state index in [1.807, 2.05) is 93.6 Å². The fraction of sp³-hybridized carbons (Fsp3) is 0.419. The monoisotopic (exact) mass is 549 g/mol. The van der Waals surface area contributed by atoms with Gasteiger partial charge in [0.1, 0.15) is 5.60 Å². The predicted octanol–water partition coefficient (Wildman–Crippen LogP) is 6.32. The first-order valence-electron chi connectivity index (χ1n) is 12.9. The molecule has 1 heterocycles. The van der Waals surface area contributed by atoms with Crippen molar-refractivity contribution in [2.75, 3.05) is 12.4 Å². The molecule has 5 nitrogen and oxygen atoms in total. The molecule has 0 amide bonds. The van der Waals surface area contributed by atoms with Crippen LogP contribution in [0.1, 0.15) is 57.4 Å². The summed E-state index contributed by atoms with van der Waals surface area (Å²) >= 11 is 0. The highest BCUT2D eigenvalue weighted by molar-refractivity contribution is 7.91. The van der Waals surface area contributed by atoms with E-state index in [-0.39, 0.29) is 12.4 Å². The zero-order valence-corrected chi connectivity index (χ0v) is 24.8. The molecule has 3 radical (unpaired) electrons. The number of benzene rings is 3. The zero-order chi connectivity index (χ0) is 27.8. The lowest BCUT2D eigenvalue weighted by Gasteiger charge is -2.65. The van der Waals surface area contributed by atoms with Crippen molar-refractivity contribution in [2.45, 2.75) is 63.9 Å². The van der Waals surface area contributed by atoms with Crippen molar-refractivity contribution in [3.8, 4) is 0 Å². The van der Waals surface area contributed by atoms with Crippen LogP contribution in [0.3, 0.4) is 0 Å². The summed E-state index contributed by atoms with van der Waals surface area (Å²) in [4.78, 5) is 0.307. The van der Waals surface area contributed by atoms with Gasteiger partial charge in [0.15, 0.2) is 15.6 Å². The highest BCUT2D eigenvalue weighted by Crippen LogP contribution is 2.66. The Bertz CT molecular complexity index is 1350. The van der Waals surface area contributed by atoms with Crippen molar-refractivity contribution in [1.29, 1.82) is 0 Å². The molecule has 0 N–H and O–H groups in total. The van der Waals surface area contributed by atoms with Gasteiger partial charge in [0.25, 0.3) is 0 Å². The third-order valence-corrected chi connectivity index (χ3v) is 9.90. The van der Waals surface area contributed by atoms with Crippen molar-refractivity contribution in [2.24, 2.45) is 10.8 Å². The average Bonchev–Trinajstić information content (AvgIpc) is 2.86. The molecule has 3 aromatic carbocycles. The highest BCUT2D eigenvalue weighted by Gasteiger charge is 2.70. The van der Waals surface area contributed by atoms with Gasteiger partial charge in [-0.25, -0.2) is 8.42 Å². The van der Waals surface area contributed by atoms with Gasteiger partial charge in [-0.15, -0.1) is 0 Å². The maximum absolute atomic E-state index is 14.5. The summed E-state index contributed by atoms with van der Waals surface area (Å²) in [6.07, 6.45) is -0.645. The summed E-state index contributed by atoms with van der Waals surface area (Å²) in [6, 6.07) is 26.8. The van der Waals surface area contributed by atoms with Crippen LogP contribution in [0.25, 0.3) is 0 Å². The van der Waals surface area contributed by atoms with Crippen LogP contribution in [0, 0.1) is 17.8 Å². The van der Waals surface area contributed by atoms with E-state index in [0.717, 1.165) is 11.1 Å². The van der Waals surface area contributed by atoms with Crippen LogP contribution in [0.15, 0.2) is 89.8 Å². The minimum Gasteiger partial charge on any atom is -0.415 e. The molecule has 38 heavy (non-hydrogen) atoms. The minimum absolute atomic E-state index is 0.0601. The third-order valence-electron chi connectivity index (χ3n) is 7.79. The first-order valence-corrected chi connectivity index (χ1v) is 14.9. The minimum atomic E-state index is -3.84. The van der Waals surface area contributed by atoms with Crippen molar-refractivity contribution in [1.82, 2.24) is 0 Å². The first kappa shape index (κ1) is 28.7. The van der Waals surface area contributed by atoms with Crippen LogP contribution in [0.4, 0.5) is 0 Å². The third kappa shape index (κ3) is 4.91. The summed E-state index contributed by atoms with van der Waals surface area (Å²) in [5, 5.41) is 0. The Labute approximate surface area is 231 Å². The molecule has 0 saturated carbocycles. The largest absolute Gasteiger partial charge is 0.415 e. The summed E-state index contributed by atoms with van der Waals surface area (Å²) in [5.74, 6) is -1.28. The molecule has 3 atom stereocenters. The summed E-state index contributed by atoms with van der Waals surface area (Å²) in [5.41, 5.74) is -0.607. The SMILES string of the molecule is Cc1ccccc1S(=O)(=O)CC1(C(C)(C)C)C(c2ccccc2)OC(C)(C)OC1(CO[Si])c1ccccc1. The molecular formula is C31H37O5SSi. The quantitative estimate of drug-likeness (QED) is 0.323. The molecule has 0 spiro atoms. The van der Waals surface area contributed by atoms with Crippen LogP contribution < -0.4 is 0 Å². The maximum Gasteiger partial charge on any atom is 0.246 e. The van der Waals surface area contributed by atoms with Gasteiger partial charge < -0.3 is 13.9 Å². The van der Waals surface area contributed by atoms with Gasteiger partial charge in [-0.1, -0.05) is 99.6 Å². The molecular weight excluding hydrogens is 512 g/mol. The molecule has 7 heteroatoms. The Balaban J connectivity index is 2.14. The lowest BCUT2D eigenvalue weighted by molar-refractivity contribution is -0.411. The Morgan fingerprint density at radius 2 is 1.45 bits per heavy atom. The van der Waals surface area contributed by atoms with E-state index in [1.54, 1.807) is 12.1 Å². The summed E-state index contributed by atoms with van der Waals surface area (Å²) < 4.78 is 48.4. The molecule has 3 aromatic rings. The van der Waals surface area contributed by atoms with Crippen LogP contribution in [-0.4, -0.2) is 37.1 Å². The van der Waals surface area contributed by atoms with E-state index in [1.165, 1.54) is 0 Å². The van der Waals surface area contributed by atoms with Gasteiger partial charge in [0, 0.05) is 0 Å². The Morgan fingerprint density at radius 1 is 0.895 bits per heavy atom. The van der Waals surface area contributed by atoms with E-state index in [2.05, 4.69) is 31.3 Å². The van der Waals surface area contributed by atoms with Crippen LogP contribution in [0.5, 0.6) is 0 Å². The molecule has 1 saturated heterocycles. The molecule has 4 rings (SSSR count). The molecule has 0 aromatic heterocycles. The zero-order valence-electron chi connectivity index (χ0n) is 23.0. The standard InChI is InChI=1S/C31H37O5SSi/c1-23-15-13-14-20-26(23)37(32,33)22-30(28(2,3)4)27(24-16-9-7-10-17-24)35-29(5,6)36-31(30,21-34-38)25-18-11-8-12-19-25/h7-20,27H,21-22H2,1-6H3. The van der Waals surface area contributed by atoms with Crippen LogP contribution in [0.2, 0.25) is 0 Å². The Hall–Kier alpha value is -2.29. The van der Waals surface area contributed by atoms with Crippen molar-refractivity contribution in [3.05, 3.63) is 102 Å². The van der Waals surface area contributed by atoms with Crippen LogP contribution >= 0.6 is 0 Å². The smallest absolute Gasteiger partial charge is 0.246 e. The number of ether oxygens (including phenoxy) is 2. The topological polar surface area (TPSA) is 61.8 Å². The van der Waals surface area contributed by atoms with E-state index in [4.69, 9.17) is 13.9 Å². The number of sulfone groups is 1. The lowest BCUT2D eigenvalue weighted by atomic mass is 9.52. The molecule has 1 aliphatic rings. The number of hydrogen-bond acceptors (Lipinski definition) is 5. The summed E-state index contributed by atoms with van der Waals surface area (Å²) in [6.45, 7) is 11.8. The second-order valence-corrected chi connectivity index (χ2v) is 13.9. The number of hydrogen-bond donors (Lipinski definition) is 0. The molecule has 0 bridgehead atoms. The fourth-order valence-corrected chi connectivity index (χ4v) is 8.79. The van der Waals surface area contributed by atoms with E-state index < -0.39 is 38.2 Å². The van der Waals surface area contributed by atoms with E-state index in [9.17, 15) is 8.42 Å². The van der Waals surface area contributed by atoms with Gasteiger partial charge in [-0.2, -0.15) is 0 Å². The number of aryl methyl sites for hydroxylation is 1. The normalized spacial score (nSPS) is 25.7. The molecule has 0 aliphatic carbocycles. The van der Waals surface area contributed by atoms with Gasteiger partial charge in [0.05, 0.1) is 28.8 Å². The van der Waals surface area contributed by atoms with Gasteiger partial charge in [0.2, 0.25) is 10.5 Å². The highest BCUT2D eigenvalue weighted by atomic mass is 32.2. The van der Waals surface area contributed by atoms with Gasteiger partial charge in [-0.05, 0) is 48.9 Å². The van der Waals surface area contributed by atoms with Crippen molar-refractivity contribution in [3.63, 3.8) is 0 Å². The Kier molecular flexibility index (Phi) is 7.82. The van der Waals surface area contributed by atoms with Gasteiger partial charge in [-0.3, -0.25) is 0 Å². The van der Waals surface area contributed by atoms with Crippen LogP contribution in [-0.2, 0) is 29.3 Å². The predicted molar refractivity (Wildman–Crippen MR) is 150 cm³/mol. The van der Waals surface area contributed by atoms with E-state index >= 15 is 0 Å². The second-order valence-electron chi connectivity index (χ2n) is 11.6. The lowest BCUT2D eigenvalue weighted by Crippen LogP contribution is -2.69. The second kappa shape index (κ2) is 10.4. The van der Waals surface area contributed by atoms with Crippen molar-refractivity contribution < 1.29 is 22.3 Å². The fourth-order valence-electron chi connectivity index (χ4n) is 6.17. The van der Waals surface area contributed by atoms with E-state index in [0.29, 0.717) is 10.5 Å². The molecule has 201 valence electrons.